The zero-order valence-electron chi connectivity index (χ0n) is 12.0. The first-order valence-electron chi connectivity index (χ1n) is 6.37. The Morgan fingerprint density at radius 2 is 1.74 bits per heavy atom. The molecule has 0 radical (unpaired) electrons. The van der Waals surface area contributed by atoms with E-state index in [1.54, 1.807) is 12.1 Å². The summed E-state index contributed by atoms with van der Waals surface area (Å²) in [5.41, 5.74) is 0.990. The summed E-state index contributed by atoms with van der Waals surface area (Å²) in [6.07, 6.45) is 0.639. The fourth-order valence-corrected chi connectivity index (χ4v) is 3.40. The summed E-state index contributed by atoms with van der Waals surface area (Å²) >= 11 is 3.50. The van der Waals surface area contributed by atoms with Gasteiger partial charge in [0.2, 0.25) is 0 Å². The third kappa shape index (κ3) is 3.96. The number of sulfone groups is 1. The molecule has 1 rings (SSSR count). The maximum absolute atomic E-state index is 11.9. The fraction of sp³-hybridized carbons (Fsp3) is 0.571. The van der Waals surface area contributed by atoms with Gasteiger partial charge in [-0.2, -0.15) is 0 Å². The van der Waals surface area contributed by atoms with Crippen molar-refractivity contribution in [2.45, 2.75) is 37.6 Å². The monoisotopic (exact) mass is 347 g/mol. The number of nitrogens with zero attached hydrogens (tertiary/aromatic N) is 1. The van der Waals surface area contributed by atoms with E-state index in [2.05, 4.69) is 34.7 Å². The molecule has 0 heterocycles. The average molecular weight is 348 g/mol. The molecule has 5 heteroatoms. The average Bonchev–Trinajstić information content (AvgIpc) is 2.38. The summed E-state index contributed by atoms with van der Waals surface area (Å²) in [6, 6.07) is 7.13. The van der Waals surface area contributed by atoms with E-state index >= 15 is 0 Å². The maximum atomic E-state index is 11.9. The highest BCUT2D eigenvalue weighted by Crippen LogP contribution is 2.25. The van der Waals surface area contributed by atoms with E-state index in [1.807, 2.05) is 26.1 Å². The second kappa shape index (κ2) is 6.27. The maximum Gasteiger partial charge on any atom is 0.178 e. The first-order chi connectivity index (χ1) is 8.74. The van der Waals surface area contributed by atoms with Crippen LogP contribution in [0.15, 0.2) is 29.2 Å². The van der Waals surface area contributed by atoms with Gasteiger partial charge in [0.1, 0.15) is 0 Å². The van der Waals surface area contributed by atoms with Crippen LogP contribution in [0.3, 0.4) is 0 Å². The molecule has 108 valence electrons. The van der Waals surface area contributed by atoms with Crippen molar-refractivity contribution in [1.29, 1.82) is 0 Å². The lowest BCUT2D eigenvalue weighted by Crippen LogP contribution is -2.42. The van der Waals surface area contributed by atoms with Gasteiger partial charge in [0.25, 0.3) is 0 Å². The van der Waals surface area contributed by atoms with Crippen LogP contribution in [0.2, 0.25) is 0 Å². The van der Waals surface area contributed by atoms with Gasteiger partial charge in [-0.3, -0.25) is 0 Å². The molecule has 0 saturated heterocycles. The van der Waals surface area contributed by atoms with Gasteiger partial charge >= 0.3 is 0 Å². The zero-order chi connectivity index (χ0) is 14.7. The van der Waals surface area contributed by atoms with Crippen molar-refractivity contribution in [3.05, 3.63) is 24.3 Å². The Kier molecular flexibility index (Phi) is 5.44. The Balaban J connectivity index is 3.01. The minimum Gasteiger partial charge on any atom is -0.369 e. The molecule has 1 aromatic carbocycles. The summed E-state index contributed by atoms with van der Waals surface area (Å²) in [6.45, 7) is 6.13. The number of alkyl halides is 1. The van der Waals surface area contributed by atoms with Crippen molar-refractivity contribution in [3.63, 3.8) is 0 Å². The zero-order valence-corrected chi connectivity index (χ0v) is 14.4. The molecule has 0 aliphatic rings. The van der Waals surface area contributed by atoms with Crippen LogP contribution in [0.25, 0.3) is 0 Å². The molecule has 1 aromatic rings. The van der Waals surface area contributed by atoms with Gasteiger partial charge in [-0.1, -0.05) is 22.9 Å². The summed E-state index contributed by atoms with van der Waals surface area (Å²) in [4.78, 5) is 2.54. The second-order valence-electron chi connectivity index (χ2n) is 5.32. The molecule has 0 fully saturated rings. The lowest BCUT2D eigenvalue weighted by molar-refractivity contribution is 0.552. The summed E-state index contributed by atoms with van der Waals surface area (Å²) in [5.74, 6) is 0.203. The molecule has 0 amide bonds. The van der Waals surface area contributed by atoms with E-state index in [1.165, 1.54) is 0 Å². The molecule has 0 unspecified atom stereocenters. The summed E-state index contributed by atoms with van der Waals surface area (Å²) in [5, 5.41) is 0.840. The van der Waals surface area contributed by atoms with Crippen molar-refractivity contribution in [2.24, 2.45) is 0 Å². The minimum absolute atomic E-state index is 0.0240. The van der Waals surface area contributed by atoms with E-state index < -0.39 is 9.84 Å². The van der Waals surface area contributed by atoms with Crippen LogP contribution in [-0.2, 0) is 9.84 Å². The molecule has 0 spiro atoms. The Labute approximate surface area is 125 Å². The highest BCUT2D eigenvalue weighted by atomic mass is 79.9. The molecular formula is C14H22BrNO2S. The number of halogens is 1. The Bertz CT molecular complexity index is 509. The normalized spacial score (nSPS) is 12.5. The van der Waals surface area contributed by atoms with E-state index in [9.17, 15) is 8.42 Å². The van der Waals surface area contributed by atoms with Crippen LogP contribution in [0.1, 0.15) is 27.2 Å². The molecule has 19 heavy (non-hydrogen) atoms. The van der Waals surface area contributed by atoms with Gasteiger partial charge in [-0.05, 0) is 44.5 Å². The fourth-order valence-electron chi connectivity index (χ4n) is 1.70. The number of hydrogen-bond donors (Lipinski definition) is 0. The predicted molar refractivity (Wildman–Crippen MR) is 85.1 cm³/mol. The van der Waals surface area contributed by atoms with E-state index in [0.29, 0.717) is 11.3 Å². The minimum atomic E-state index is -3.12. The first kappa shape index (κ1) is 16.5. The molecule has 3 nitrogen and oxygen atoms in total. The van der Waals surface area contributed by atoms with Gasteiger partial charge in [0.15, 0.2) is 9.84 Å². The van der Waals surface area contributed by atoms with Crippen molar-refractivity contribution in [2.75, 3.05) is 23.0 Å². The molecule has 0 aliphatic heterocycles. The lowest BCUT2D eigenvalue weighted by atomic mass is 10.1. The predicted octanol–water partition coefficient (Wildman–Crippen LogP) is 3.48. The van der Waals surface area contributed by atoms with Gasteiger partial charge in [-0.25, -0.2) is 8.42 Å². The molecule has 0 aliphatic carbocycles. The van der Waals surface area contributed by atoms with E-state index in [4.69, 9.17) is 0 Å². The van der Waals surface area contributed by atoms with Crippen molar-refractivity contribution in [1.82, 2.24) is 0 Å². The molecule has 0 saturated carbocycles. The topological polar surface area (TPSA) is 37.4 Å². The molecule has 0 N–H and O–H groups in total. The van der Waals surface area contributed by atoms with Crippen LogP contribution in [0.5, 0.6) is 0 Å². The van der Waals surface area contributed by atoms with Crippen molar-refractivity contribution < 1.29 is 8.42 Å². The van der Waals surface area contributed by atoms with E-state index in [-0.39, 0.29) is 11.3 Å². The summed E-state index contributed by atoms with van der Waals surface area (Å²) < 4.78 is 23.9. The Morgan fingerprint density at radius 1 is 1.21 bits per heavy atom. The molecular weight excluding hydrogens is 326 g/mol. The van der Waals surface area contributed by atoms with Crippen LogP contribution < -0.4 is 4.90 Å². The first-order valence-corrected chi connectivity index (χ1v) is 9.14. The highest BCUT2D eigenvalue weighted by Gasteiger charge is 2.22. The SMILES string of the molecule is CCCS(=O)(=O)c1ccc(N(C)C(C)(C)CBr)cc1. The quantitative estimate of drug-likeness (QED) is 0.739. The van der Waals surface area contributed by atoms with Gasteiger partial charge in [0.05, 0.1) is 10.6 Å². The number of anilines is 1. The molecule has 0 bridgehead atoms. The third-order valence-corrected chi connectivity index (χ3v) is 6.60. The van der Waals surface area contributed by atoms with Gasteiger partial charge in [0, 0.05) is 23.6 Å². The molecule has 0 aromatic heterocycles. The smallest absolute Gasteiger partial charge is 0.178 e. The highest BCUT2D eigenvalue weighted by molar-refractivity contribution is 9.09. The molecule has 0 atom stereocenters. The van der Waals surface area contributed by atoms with Crippen molar-refractivity contribution in [3.8, 4) is 0 Å². The van der Waals surface area contributed by atoms with Crippen LogP contribution in [0.4, 0.5) is 5.69 Å². The lowest BCUT2D eigenvalue weighted by Gasteiger charge is -2.36. The van der Waals surface area contributed by atoms with Gasteiger partial charge < -0.3 is 4.90 Å². The van der Waals surface area contributed by atoms with E-state index in [0.717, 1.165) is 11.0 Å². The van der Waals surface area contributed by atoms with Gasteiger partial charge in [-0.15, -0.1) is 0 Å². The number of rotatable bonds is 6. The number of hydrogen-bond acceptors (Lipinski definition) is 3. The Hall–Kier alpha value is -0.550. The Morgan fingerprint density at radius 3 is 2.16 bits per heavy atom. The third-order valence-electron chi connectivity index (χ3n) is 3.29. The number of benzene rings is 1. The standard InChI is InChI=1S/C14H22BrNO2S/c1-5-10-19(17,18)13-8-6-12(7-9-13)16(4)14(2,3)11-15/h6-9H,5,10-11H2,1-4H3. The second-order valence-corrected chi connectivity index (χ2v) is 7.99. The summed E-state index contributed by atoms with van der Waals surface area (Å²) in [7, 11) is -1.11. The van der Waals surface area contributed by atoms with Crippen LogP contribution >= 0.6 is 15.9 Å². The largest absolute Gasteiger partial charge is 0.369 e. The van der Waals surface area contributed by atoms with Crippen LogP contribution in [-0.4, -0.2) is 32.1 Å². The van der Waals surface area contributed by atoms with Crippen LogP contribution in [0, 0.1) is 0 Å². The van der Waals surface area contributed by atoms with Crippen molar-refractivity contribution >= 4 is 31.5 Å².